The number of aromatic hydroxyl groups is 1. The van der Waals surface area contributed by atoms with Crippen molar-refractivity contribution in [3.05, 3.63) is 74.5 Å². The number of benzene rings is 3. The number of methoxy groups -OCH3 is 1. The molecule has 7 aliphatic heterocycles. The smallest absolute Gasteiger partial charge is 0.333 e. The lowest BCUT2D eigenvalue weighted by Gasteiger charge is -2.59. The third-order valence-corrected chi connectivity index (χ3v) is 14.0. The van der Waals surface area contributed by atoms with Gasteiger partial charge in [-0.15, -0.1) is 11.8 Å². The first-order valence-corrected chi connectivity index (χ1v) is 19.7. The fourth-order valence-electron chi connectivity index (χ4n) is 10.4. The zero-order chi connectivity index (χ0) is 38.1. The van der Waals surface area contributed by atoms with Crippen LogP contribution in [0.25, 0.3) is 10.9 Å². The number of H-pyrrole nitrogens is 1. The van der Waals surface area contributed by atoms with Gasteiger partial charge in [0.05, 0.1) is 36.2 Å². The van der Waals surface area contributed by atoms with Crippen LogP contribution in [0.15, 0.2) is 24.3 Å². The summed E-state index contributed by atoms with van der Waals surface area (Å²) in [6.45, 7) is 7.60. The first-order valence-electron chi connectivity index (χ1n) is 18.7. The van der Waals surface area contributed by atoms with Gasteiger partial charge in [0.1, 0.15) is 18.4 Å². The van der Waals surface area contributed by atoms with Crippen LogP contribution < -0.4 is 29.6 Å². The van der Waals surface area contributed by atoms with Gasteiger partial charge in [0.2, 0.25) is 6.79 Å². The molecule has 1 aromatic heterocycles. The highest BCUT2D eigenvalue weighted by atomic mass is 32.2. The molecule has 4 N–H and O–H groups in total. The SMILES string of the molecule is COc1c(C)cc2c(c1O)C1N[C@H](C2)[C@H](C#N)N2C1[C@@H]1SC[C@]3(NCCc4c3[nH]c3ccc(C)cc43)C(=O)OC[C@H]2c2c3c(c(C)c(OC(C)=O)c21)OCO3. The molecular weight excluding hydrogens is 723 g/mol. The van der Waals surface area contributed by atoms with Gasteiger partial charge in [0.15, 0.2) is 28.5 Å². The molecule has 0 amide bonds. The minimum absolute atomic E-state index is 0.0373. The van der Waals surface area contributed by atoms with Crippen LogP contribution in [0.4, 0.5) is 0 Å². The van der Waals surface area contributed by atoms with Crippen LogP contribution in [0.5, 0.6) is 28.7 Å². The van der Waals surface area contributed by atoms with Crippen LogP contribution in [-0.2, 0) is 32.7 Å². The van der Waals surface area contributed by atoms with Crippen LogP contribution in [0.1, 0.15) is 74.5 Å². The molecule has 1 spiro atoms. The molecule has 2 fully saturated rings. The largest absolute Gasteiger partial charge is 0.504 e. The highest BCUT2D eigenvalue weighted by Crippen LogP contribution is 2.63. The molecule has 2 unspecified atom stereocenters. The molecule has 0 saturated carbocycles. The molecule has 2 saturated heterocycles. The fourth-order valence-corrected chi connectivity index (χ4v) is 12.1. The number of esters is 2. The van der Waals surface area contributed by atoms with E-state index in [0.717, 1.165) is 50.8 Å². The number of carbonyl (C=O) groups excluding carboxylic acids is 2. The Kier molecular flexibility index (Phi) is 7.71. The van der Waals surface area contributed by atoms with E-state index in [1.54, 1.807) is 18.9 Å². The molecule has 3 aromatic carbocycles. The molecule has 14 heteroatoms. The number of aromatic nitrogens is 1. The second kappa shape index (κ2) is 12.3. The Morgan fingerprint density at radius 1 is 1.11 bits per heavy atom. The maximum Gasteiger partial charge on any atom is 0.333 e. The third kappa shape index (κ3) is 4.70. The van der Waals surface area contributed by atoms with Crippen molar-refractivity contribution in [2.75, 3.05) is 32.8 Å². The highest BCUT2D eigenvalue weighted by molar-refractivity contribution is 7.99. The van der Waals surface area contributed by atoms with E-state index >= 15 is 0 Å². The normalized spacial score (nSPS) is 28.8. The number of phenolic OH excluding ortho intramolecular Hbond substituents is 1. The average molecular weight is 764 g/mol. The van der Waals surface area contributed by atoms with E-state index in [9.17, 15) is 20.0 Å². The van der Waals surface area contributed by atoms with Crippen LogP contribution in [-0.4, -0.2) is 77.9 Å². The number of thioether (sulfide) groups is 1. The Bertz CT molecular complexity index is 2410. The second-order valence-corrected chi connectivity index (χ2v) is 16.6. The van der Waals surface area contributed by atoms with Crippen LogP contribution in [0.3, 0.4) is 0 Å². The quantitative estimate of drug-likeness (QED) is 0.164. The Morgan fingerprint density at radius 3 is 2.71 bits per heavy atom. The number of piperazine rings is 1. The van der Waals surface area contributed by atoms with Gasteiger partial charge in [-0.1, -0.05) is 17.7 Å². The minimum Gasteiger partial charge on any atom is -0.504 e. The number of nitrogens with zero attached hydrogens (tertiary/aromatic N) is 2. The van der Waals surface area contributed by atoms with Crippen molar-refractivity contribution in [2.24, 2.45) is 0 Å². The Hall–Kier alpha value is -4.94. The topological polar surface area (TPSA) is 167 Å². The molecule has 55 heavy (non-hydrogen) atoms. The standard InChI is InChI=1S/C41H41N5O8S/c1-17-6-7-24-23(10-17)22-8-9-43-41(39(22)45-24)15-55-38-30-29(37-36(52-16-53-37)19(3)35(30)54-20(4)47)27(14-51-40(41)49)46-26(13-42)25-12-21-11-18(2)34(50-5)33(48)28(21)31(44-25)32(38)46/h6-7,10-11,25-27,31-32,38,43-45,48H,8-9,12,14-16H2,1-5H3/t25-,26+,27+,31?,32?,38-,41-/m1/s1. The number of hydrogen-bond donors (Lipinski definition) is 4. The van der Waals surface area contributed by atoms with Gasteiger partial charge in [-0.05, 0) is 62.4 Å². The fraction of sp³-hybridized carbons (Fsp3) is 0.439. The van der Waals surface area contributed by atoms with Crippen molar-refractivity contribution in [1.29, 1.82) is 5.26 Å². The molecule has 13 nitrogen and oxygen atoms in total. The maximum absolute atomic E-state index is 14.8. The predicted molar refractivity (Wildman–Crippen MR) is 202 cm³/mol. The first-order chi connectivity index (χ1) is 26.6. The third-order valence-electron chi connectivity index (χ3n) is 12.5. The van der Waals surface area contributed by atoms with E-state index in [4.69, 9.17) is 23.7 Å². The Morgan fingerprint density at radius 2 is 1.93 bits per heavy atom. The molecule has 0 radical (unpaired) electrons. The summed E-state index contributed by atoms with van der Waals surface area (Å²) in [5.41, 5.74) is 7.18. The molecular formula is C41H41N5O8S. The van der Waals surface area contributed by atoms with Gasteiger partial charge >= 0.3 is 11.9 Å². The Labute approximate surface area is 321 Å². The summed E-state index contributed by atoms with van der Waals surface area (Å²) in [6.07, 6.45) is 1.22. The van der Waals surface area contributed by atoms with Crippen molar-refractivity contribution < 1.29 is 38.4 Å². The second-order valence-electron chi connectivity index (χ2n) is 15.5. The summed E-state index contributed by atoms with van der Waals surface area (Å²) in [7, 11) is 1.55. The number of nitriles is 1. The van der Waals surface area contributed by atoms with Gasteiger partial charge < -0.3 is 39.1 Å². The van der Waals surface area contributed by atoms with Gasteiger partial charge in [-0.3, -0.25) is 15.0 Å². The van der Waals surface area contributed by atoms with Crippen LogP contribution in [0, 0.1) is 32.1 Å². The number of nitrogens with one attached hydrogen (secondary N) is 3. The number of hydrogen-bond acceptors (Lipinski definition) is 13. The number of fused-ring (bicyclic) bond motifs is 11. The number of phenols is 1. The number of rotatable bonds is 2. The summed E-state index contributed by atoms with van der Waals surface area (Å²) in [4.78, 5) is 33.5. The molecule has 4 aromatic rings. The van der Waals surface area contributed by atoms with Gasteiger partial charge in [0, 0.05) is 64.5 Å². The minimum atomic E-state index is -1.24. The molecule has 4 bridgehead atoms. The summed E-state index contributed by atoms with van der Waals surface area (Å²) < 4.78 is 30.6. The molecule has 8 heterocycles. The maximum atomic E-state index is 14.8. The van der Waals surface area contributed by atoms with E-state index < -0.39 is 46.9 Å². The summed E-state index contributed by atoms with van der Waals surface area (Å²) in [5.74, 6) is 1.10. The lowest BCUT2D eigenvalue weighted by molar-refractivity contribution is -0.155. The van der Waals surface area contributed by atoms with Crippen molar-refractivity contribution >= 4 is 34.6 Å². The number of aromatic amines is 1. The predicted octanol–water partition coefficient (Wildman–Crippen LogP) is 4.72. The number of ether oxygens (including phenoxy) is 5. The van der Waals surface area contributed by atoms with E-state index in [0.29, 0.717) is 52.7 Å². The zero-order valence-electron chi connectivity index (χ0n) is 31.1. The lowest BCUT2D eigenvalue weighted by Crippen LogP contribution is -2.69. The number of aryl methyl sites for hydroxylation is 2. The van der Waals surface area contributed by atoms with Crippen molar-refractivity contribution in [1.82, 2.24) is 20.5 Å². The Balaban J connectivity index is 1.24. The molecule has 0 aliphatic carbocycles. The van der Waals surface area contributed by atoms with Gasteiger partial charge in [0.25, 0.3) is 0 Å². The van der Waals surface area contributed by atoms with E-state index in [1.807, 2.05) is 19.9 Å². The zero-order valence-corrected chi connectivity index (χ0v) is 31.9. The van der Waals surface area contributed by atoms with Crippen LogP contribution >= 0.6 is 11.8 Å². The molecule has 284 valence electrons. The van der Waals surface area contributed by atoms with Crippen molar-refractivity contribution in [3.8, 4) is 34.8 Å². The lowest BCUT2D eigenvalue weighted by atomic mass is 9.72. The van der Waals surface area contributed by atoms with Crippen molar-refractivity contribution in [2.45, 2.75) is 81.5 Å². The van der Waals surface area contributed by atoms with Gasteiger partial charge in [-0.25, -0.2) is 4.79 Å². The monoisotopic (exact) mass is 763 g/mol. The highest BCUT2D eigenvalue weighted by Gasteiger charge is 2.60. The summed E-state index contributed by atoms with van der Waals surface area (Å²) in [5, 5.41) is 31.0. The van der Waals surface area contributed by atoms with E-state index in [2.05, 4.69) is 51.7 Å². The van der Waals surface area contributed by atoms with Crippen LogP contribution in [0.2, 0.25) is 0 Å². The van der Waals surface area contributed by atoms with E-state index in [-0.39, 0.29) is 30.9 Å². The molecule has 7 atom stereocenters. The number of carbonyl (C=O) groups is 2. The van der Waals surface area contributed by atoms with Crippen molar-refractivity contribution in [3.63, 3.8) is 0 Å². The summed E-state index contributed by atoms with van der Waals surface area (Å²) >= 11 is 1.54. The molecule has 7 aliphatic rings. The summed E-state index contributed by atoms with van der Waals surface area (Å²) in [6, 6.07) is 8.25. The average Bonchev–Trinajstić information content (AvgIpc) is 3.80. The molecule has 11 rings (SSSR count). The van der Waals surface area contributed by atoms with E-state index in [1.165, 1.54) is 6.92 Å². The first kappa shape index (κ1) is 34.5. The van der Waals surface area contributed by atoms with Gasteiger partial charge in [-0.2, -0.15) is 5.26 Å².